The van der Waals surface area contributed by atoms with Crippen molar-refractivity contribution in [3.05, 3.63) is 42.1 Å². The molecule has 0 saturated carbocycles. The second-order valence-electron chi connectivity index (χ2n) is 5.98. The fourth-order valence-electron chi connectivity index (χ4n) is 2.86. The second-order valence-corrected chi connectivity index (χ2v) is 5.98. The van der Waals surface area contributed by atoms with Gasteiger partial charge in [-0.25, -0.2) is 4.98 Å². The van der Waals surface area contributed by atoms with Gasteiger partial charge >= 0.3 is 6.36 Å². The van der Waals surface area contributed by atoms with Gasteiger partial charge in [-0.15, -0.1) is 13.2 Å². The summed E-state index contributed by atoms with van der Waals surface area (Å²) in [5.41, 5.74) is 0.929. The van der Waals surface area contributed by atoms with Crippen LogP contribution in [0.15, 0.2) is 36.5 Å². The van der Waals surface area contributed by atoms with Gasteiger partial charge in [0.2, 0.25) is 11.8 Å². The van der Waals surface area contributed by atoms with Crippen LogP contribution < -0.4 is 14.8 Å². The fourth-order valence-corrected chi connectivity index (χ4v) is 2.86. The maximum Gasteiger partial charge on any atom is 0.573 e. The van der Waals surface area contributed by atoms with Gasteiger partial charge in [0.05, 0.1) is 7.11 Å². The summed E-state index contributed by atoms with van der Waals surface area (Å²) >= 11 is 0. The third-order valence-corrected chi connectivity index (χ3v) is 4.01. The monoisotopic (exact) mass is 368 g/mol. The zero-order chi connectivity index (χ0) is 18.6. The first-order valence-electron chi connectivity index (χ1n) is 8.12. The number of hydrogen-bond donors (Lipinski definition) is 1. The van der Waals surface area contributed by atoms with Crippen LogP contribution in [0.3, 0.4) is 0 Å². The van der Waals surface area contributed by atoms with Crippen molar-refractivity contribution in [3.63, 3.8) is 0 Å². The van der Waals surface area contributed by atoms with Crippen LogP contribution in [0.25, 0.3) is 0 Å². The van der Waals surface area contributed by atoms with E-state index >= 15 is 0 Å². The molecule has 2 aromatic rings. The number of methoxy groups -OCH3 is 1. The highest BCUT2D eigenvalue weighted by molar-refractivity contribution is 5.30. The molecule has 3 rings (SSSR count). The van der Waals surface area contributed by atoms with E-state index in [1.165, 1.54) is 12.1 Å². The number of hydrogen-bond acceptors (Lipinski definition) is 6. The normalized spacial score (nSPS) is 17.9. The largest absolute Gasteiger partial charge is 0.573 e. The standard InChI is InChI=1S/C17H19F3N4O2/c1-25-15-6-8-21-16(23-15)22-13-7-9-24(11-13)10-12-2-4-14(5-3-12)26-17(18,19)20/h2-6,8,13H,7,9-11H2,1H3,(H,21,22,23). The number of alkyl halides is 3. The highest BCUT2D eigenvalue weighted by atomic mass is 19.4. The summed E-state index contributed by atoms with van der Waals surface area (Å²) in [7, 11) is 1.55. The van der Waals surface area contributed by atoms with Gasteiger partial charge in [0.25, 0.3) is 0 Å². The Morgan fingerprint density at radius 2 is 2.00 bits per heavy atom. The number of benzene rings is 1. The molecule has 1 saturated heterocycles. The van der Waals surface area contributed by atoms with E-state index in [9.17, 15) is 13.2 Å². The number of aromatic nitrogens is 2. The summed E-state index contributed by atoms with van der Waals surface area (Å²) in [6.07, 6.45) is -2.11. The van der Waals surface area contributed by atoms with Crippen LogP contribution in [-0.4, -0.2) is 47.5 Å². The van der Waals surface area contributed by atoms with Crippen molar-refractivity contribution in [2.75, 3.05) is 25.5 Å². The van der Waals surface area contributed by atoms with Crippen LogP contribution in [0.4, 0.5) is 19.1 Å². The van der Waals surface area contributed by atoms with Crippen LogP contribution in [-0.2, 0) is 6.54 Å². The minimum atomic E-state index is -4.67. The average Bonchev–Trinajstić information content (AvgIpc) is 3.02. The van der Waals surface area contributed by atoms with E-state index in [-0.39, 0.29) is 11.8 Å². The summed E-state index contributed by atoms with van der Waals surface area (Å²) in [5.74, 6) is 0.806. The first kappa shape index (κ1) is 18.2. The molecule has 1 aliphatic heterocycles. The molecule has 1 aromatic carbocycles. The molecular formula is C17H19F3N4O2. The average molecular weight is 368 g/mol. The highest BCUT2D eigenvalue weighted by Crippen LogP contribution is 2.24. The SMILES string of the molecule is COc1ccnc(NC2CCN(Cc3ccc(OC(F)(F)F)cc3)C2)n1. The van der Waals surface area contributed by atoms with E-state index in [0.717, 1.165) is 25.1 Å². The van der Waals surface area contributed by atoms with Crippen molar-refractivity contribution in [1.29, 1.82) is 0 Å². The van der Waals surface area contributed by atoms with Crippen LogP contribution in [0, 0.1) is 0 Å². The van der Waals surface area contributed by atoms with Gasteiger partial charge < -0.3 is 14.8 Å². The molecule has 1 aliphatic rings. The molecule has 140 valence electrons. The lowest BCUT2D eigenvalue weighted by molar-refractivity contribution is -0.274. The van der Waals surface area contributed by atoms with E-state index in [0.29, 0.717) is 18.4 Å². The van der Waals surface area contributed by atoms with Crippen molar-refractivity contribution in [1.82, 2.24) is 14.9 Å². The van der Waals surface area contributed by atoms with E-state index in [1.807, 2.05) is 0 Å². The molecule has 2 heterocycles. The molecule has 0 spiro atoms. The Bertz CT molecular complexity index is 725. The third kappa shape index (κ3) is 5.22. The molecule has 6 nitrogen and oxygen atoms in total. The smallest absolute Gasteiger partial charge is 0.481 e. The Morgan fingerprint density at radius 1 is 1.23 bits per heavy atom. The summed E-state index contributed by atoms with van der Waals surface area (Å²) < 4.78 is 45.5. The minimum Gasteiger partial charge on any atom is -0.481 e. The molecule has 9 heteroatoms. The highest BCUT2D eigenvalue weighted by Gasteiger charge is 2.31. The van der Waals surface area contributed by atoms with Crippen molar-refractivity contribution >= 4 is 5.95 Å². The van der Waals surface area contributed by atoms with Crippen LogP contribution in [0.5, 0.6) is 11.6 Å². The predicted octanol–water partition coefficient (Wildman–Crippen LogP) is 3.07. The van der Waals surface area contributed by atoms with Crippen molar-refractivity contribution in [2.45, 2.75) is 25.4 Å². The molecule has 1 fully saturated rings. The van der Waals surface area contributed by atoms with Gasteiger partial charge in [0.1, 0.15) is 5.75 Å². The number of anilines is 1. The molecule has 0 amide bonds. The Kier molecular flexibility index (Phi) is 5.46. The molecular weight excluding hydrogens is 349 g/mol. The lowest BCUT2D eigenvalue weighted by Crippen LogP contribution is -2.26. The maximum absolute atomic E-state index is 12.2. The number of halogens is 3. The molecule has 26 heavy (non-hydrogen) atoms. The lowest BCUT2D eigenvalue weighted by atomic mass is 10.2. The van der Waals surface area contributed by atoms with Gasteiger partial charge in [-0.3, -0.25) is 4.90 Å². The quantitative estimate of drug-likeness (QED) is 0.846. The van der Waals surface area contributed by atoms with E-state index in [2.05, 4.69) is 24.9 Å². The number of likely N-dealkylation sites (tertiary alicyclic amines) is 1. The maximum atomic E-state index is 12.2. The predicted molar refractivity (Wildman–Crippen MR) is 89.0 cm³/mol. The van der Waals surface area contributed by atoms with Gasteiger partial charge in [0, 0.05) is 37.9 Å². The first-order valence-corrected chi connectivity index (χ1v) is 8.12. The molecule has 1 unspecified atom stereocenters. The van der Waals surface area contributed by atoms with Gasteiger partial charge in [-0.2, -0.15) is 4.98 Å². The first-order chi connectivity index (χ1) is 12.4. The summed E-state index contributed by atoms with van der Waals surface area (Å²) in [5, 5.41) is 3.28. The van der Waals surface area contributed by atoms with E-state index in [1.54, 1.807) is 31.5 Å². The van der Waals surface area contributed by atoms with Crippen LogP contribution in [0.2, 0.25) is 0 Å². The minimum absolute atomic E-state index is 0.204. The van der Waals surface area contributed by atoms with Crippen molar-refractivity contribution < 1.29 is 22.6 Å². The Morgan fingerprint density at radius 3 is 2.69 bits per heavy atom. The van der Waals surface area contributed by atoms with Gasteiger partial charge in [-0.05, 0) is 24.1 Å². The van der Waals surface area contributed by atoms with Crippen LogP contribution in [0.1, 0.15) is 12.0 Å². The number of ether oxygens (including phenoxy) is 2. The van der Waals surface area contributed by atoms with Crippen LogP contribution >= 0.6 is 0 Å². The lowest BCUT2D eigenvalue weighted by Gasteiger charge is -2.17. The summed E-state index contributed by atoms with van der Waals surface area (Å²) in [4.78, 5) is 10.6. The zero-order valence-corrected chi connectivity index (χ0v) is 14.2. The summed E-state index contributed by atoms with van der Waals surface area (Å²) in [6.45, 7) is 2.33. The Hall–Kier alpha value is -2.55. The fraction of sp³-hybridized carbons (Fsp3) is 0.412. The Labute approximate surface area is 149 Å². The van der Waals surface area contributed by atoms with Crippen molar-refractivity contribution in [3.8, 4) is 11.6 Å². The van der Waals surface area contributed by atoms with Gasteiger partial charge in [-0.1, -0.05) is 12.1 Å². The topological polar surface area (TPSA) is 59.5 Å². The molecule has 1 aromatic heterocycles. The Balaban J connectivity index is 1.51. The number of nitrogens with one attached hydrogen (secondary N) is 1. The molecule has 0 aliphatic carbocycles. The molecule has 1 atom stereocenters. The van der Waals surface area contributed by atoms with E-state index in [4.69, 9.17) is 4.74 Å². The van der Waals surface area contributed by atoms with Gasteiger partial charge in [0.15, 0.2) is 0 Å². The molecule has 0 bridgehead atoms. The third-order valence-electron chi connectivity index (χ3n) is 4.01. The summed E-state index contributed by atoms with van der Waals surface area (Å²) in [6, 6.07) is 7.84. The number of rotatable bonds is 6. The van der Waals surface area contributed by atoms with Crippen molar-refractivity contribution in [2.24, 2.45) is 0 Å². The number of nitrogens with zero attached hydrogens (tertiary/aromatic N) is 3. The zero-order valence-electron chi connectivity index (χ0n) is 14.2. The second kappa shape index (κ2) is 7.77. The van der Waals surface area contributed by atoms with E-state index < -0.39 is 6.36 Å². The molecule has 0 radical (unpaired) electrons. The molecule has 1 N–H and O–H groups in total.